The van der Waals surface area contributed by atoms with Gasteiger partial charge in [-0.1, -0.05) is 29.3 Å². The van der Waals surface area contributed by atoms with Crippen LogP contribution in [0.3, 0.4) is 0 Å². The Morgan fingerprint density at radius 2 is 1.79 bits per heavy atom. The fraction of sp³-hybridized carbons (Fsp3) is 0.250. The number of hydrogen-bond acceptors (Lipinski definition) is 3. The number of anilines is 1. The van der Waals surface area contributed by atoms with E-state index in [9.17, 15) is 14.4 Å². The Balaban J connectivity index is 1.48. The van der Waals surface area contributed by atoms with Crippen LogP contribution in [-0.2, 0) is 16.1 Å². The Labute approximate surface area is 172 Å². The number of halogens is 2. The van der Waals surface area contributed by atoms with E-state index in [0.717, 1.165) is 17.7 Å². The Morgan fingerprint density at radius 1 is 1.04 bits per heavy atom. The number of carbonyl (C=O) groups is 3. The Kier molecular flexibility index (Phi) is 6.54. The van der Waals surface area contributed by atoms with Gasteiger partial charge in [0.05, 0.1) is 6.54 Å². The van der Waals surface area contributed by atoms with Crippen LogP contribution in [0.5, 0.6) is 0 Å². The van der Waals surface area contributed by atoms with Crippen LogP contribution in [0.2, 0.25) is 10.0 Å². The first kappa shape index (κ1) is 20.2. The van der Waals surface area contributed by atoms with E-state index < -0.39 is 0 Å². The molecule has 0 aliphatic carbocycles. The number of hydrogen-bond donors (Lipinski definition) is 2. The largest absolute Gasteiger partial charge is 0.350 e. The van der Waals surface area contributed by atoms with Crippen LogP contribution in [0.25, 0.3) is 0 Å². The maximum atomic E-state index is 12.2. The molecule has 0 bridgehead atoms. The molecule has 0 unspecified atom stereocenters. The minimum atomic E-state index is -0.362. The highest BCUT2D eigenvalue weighted by atomic mass is 35.5. The molecule has 2 N–H and O–H groups in total. The van der Waals surface area contributed by atoms with Crippen molar-refractivity contribution in [2.24, 2.45) is 0 Å². The van der Waals surface area contributed by atoms with Crippen LogP contribution in [0.1, 0.15) is 28.8 Å². The van der Waals surface area contributed by atoms with Crippen LogP contribution in [0, 0.1) is 0 Å². The SMILES string of the molecule is O=C(CNC(=O)c1ccc(N2CCCC2=O)cc1)NCc1ccc(Cl)cc1Cl. The maximum Gasteiger partial charge on any atom is 0.251 e. The van der Waals surface area contributed by atoms with Gasteiger partial charge in [-0.3, -0.25) is 14.4 Å². The van der Waals surface area contributed by atoms with Crippen molar-refractivity contribution in [3.05, 3.63) is 63.6 Å². The summed E-state index contributed by atoms with van der Waals surface area (Å²) in [7, 11) is 0. The van der Waals surface area contributed by atoms with Gasteiger partial charge < -0.3 is 15.5 Å². The number of nitrogens with one attached hydrogen (secondary N) is 2. The fourth-order valence-electron chi connectivity index (χ4n) is 2.90. The minimum Gasteiger partial charge on any atom is -0.350 e. The second-order valence-corrected chi connectivity index (χ2v) is 7.23. The number of carbonyl (C=O) groups excluding carboxylic acids is 3. The van der Waals surface area contributed by atoms with Crippen LogP contribution in [-0.4, -0.2) is 30.8 Å². The van der Waals surface area contributed by atoms with Crippen molar-refractivity contribution >= 4 is 46.6 Å². The predicted molar refractivity (Wildman–Crippen MR) is 109 cm³/mol. The second kappa shape index (κ2) is 9.08. The lowest BCUT2D eigenvalue weighted by molar-refractivity contribution is -0.120. The molecule has 0 saturated carbocycles. The number of benzene rings is 2. The van der Waals surface area contributed by atoms with E-state index in [0.29, 0.717) is 28.6 Å². The highest BCUT2D eigenvalue weighted by Crippen LogP contribution is 2.22. The summed E-state index contributed by atoms with van der Waals surface area (Å²) >= 11 is 11.9. The third-order valence-electron chi connectivity index (χ3n) is 4.42. The molecule has 0 radical (unpaired) electrons. The van der Waals surface area contributed by atoms with E-state index in [1.807, 2.05) is 0 Å². The highest BCUT2D eigenvalue weighted by molar-refractivity contribution is 6.35. The molecule has 3 rings (SSSR count). The first-order chi connectivity index (χ1) is 13.4. The van der Waals surface area contributed by atoms with Crippen molar-refractivity contribution in [1.29, 1.82) is 0 Å². The zero-order chi connectivity index (χ0) is 20.1. The first-order valence-electron chi connectivity index (χ1n) is 8.83. The maximum absolute atomic E-state index is 12.2. The van der Waals surface area contributed by atoms with E-state index in [4.69, 9.17) is 23.2 Å². The van der Waals surface area contributed by atoms with Crippen molar-refractivity contribution < 1.29 is 14.4 Å². The summed E-state index contributed by atoms with van der Waals surface area (Å²) < 4.78 is 0. The Morgan fingerprint density at radius 3 is 2.43 bits per heavy atom. The molecule has 146 valence electrons. The van der Waals surface area contributed by atoms with Crippen LogP contribution < -0.4 is 15.5 Å². The van der Waals surface area contributed by atoms with Crippen molar-refractivity contribution in [3.63, 3.8) is 0 Å². The van der Waals surface area contributed by atoms with E-state index in [-0.39, 0.29) is 30.8 Å². The average Bonchev–Trinajstić information content (AvgIpc) is 3.11. The Hall–Kier alpha value is -2.57. The molecule has 0 spiro atoms. The minimum absolute atomic E-state index is 0.0923. The van der Waals surface area contributed by atoms with Gasteiger partial charge in [0, 0.05) is 40.8 Å². The second-order valence-electron chi connectivity index (χ2n) is 6.39. The molecule has 8 heteroatoms. The molecular formula is C20H19Cl2N3O3. The quantitative estimate of drug-likeness (QED) is 0.754. The smallest absolute Gasteiger partial charge is 0.251 e. The van der Waals surface area contributed by atoms with Gasteiger partial charge in [-0.15, -0.1) is 0 Å². The normalized spacial score (nSPS) is 13.5. The molecule has 28 heavy (non-hydrogen) atoms. The Bertz CT molecular complexity index is 900. The average molecular weight is 420 g/mol. The molecule has 2 aromatic carbocycles. The van der Waals surface area contributed by atoms with E-state index >= 15 is 0 Å². The molecule has 1 fully saturated rings. The summed E-state index contributed by atoms with van der Waals surface area (Å²) in [5.74, 6) is -0.604. The number of amides is 3. The molecule has 6 nitrogen and oxygen atoms in total. The van der Waals surface area contributed by atoms with Gasteiger partial charge in [0.1, 0.15) is 0 Å². The lowest BCUT2D eigenvalue weighted by atomic mass is 10.2. The monoisotopic (exact) mass is 419 g/mol. The lowest BCUT2D eigenvalue weighted by Crippen LogP contribution is -2.36. The molecule has 1 saturated heterocycles. The zero-order valence-electron chi connectivity index (χ0n) is 15.0. The van der Waals surface area contributed by atoms with E-state index in [1.54, 1.807) is 47.4 Å². The molecule has 2 aromatic rings. The van der Waals surface area contributed by atoms with Crippen molar-refractivity contribution in [1.82, 2.24) is 10.6 Å². The third kappa shape index (κ3) is 5.03. The summed E-state index contributed by atoms with van der Waals surface area (Å²) in [5, 5.41) is 6.25. The number of nitrogens with zero attached hydrogens (tertiary/aromatic N) is 1. The molecular weight excluding hydrogens is 401 g/mol. The summed E-state index contributed by atoms with van der Waals surface area (Å²) in [6.07, 6.45) is 1.40. The van der Waals surface area contributed by atoms with Crippen LogP contribution in [0.4, 0.5) is 5.69 Å². The molecule has 1 aliphatic rings. The topological polar surface area (TPSA) is 78.5 Å². The van der Waals surface area contributed by atoms with Crippen molar-refractivity contribution in [3.8, 4) is 0 Å². The van der Waals surface area contributed by atoms with Gasteiger partial charge in [0.15, 0.2) is 0 Å². The van der Waals surface area contributed by atoms with Crippen LogP contribution in [0.15, 0.2) is 42.5 Å². The molecule has 0 atom stereocenters. The molecule has 1 heterocycles. The van der Waals surface area contributed by atoms with Crippen molar-refractivity contribution in [2.75, 3.05) is 18.0 Å². The summed E-state index contributed by atoms with van der Waals surface area (Å²) in [5.41, 5.74) is 1.93. The fourth-order valence-corrected chi connectivity index (χ4v) is 3.37. The predicted octanol–water partition coefficient (Wildman–Crippen LogP) is 3.17. The summed E-state index contributed by atoms with van der Waals surface area (Å²) in [6.45, 7) is 0.780. The highest BCUT2D eigenvalue weighted by Gasteiger charge is 2.21. The van der Waals surface area contributed by atoms with Gasteiger partial charge in [0.25, 0.3) is 5.91 Å². The van der Waals surface area contributed by atoms with Crippen molar-refractivity contribution in [2.45, 2.75) is 19.4 Å². The molecule has 0 aromatic heterocycles. The summed E-state index contributed by atoms with van der Waals surface area (Å²) in [4.78, 5) is 37.6. The van der Waals surface area contributed by atoms with Gasteiger partial charge in [0.2, 0.25) is 11.8 Å². The molecule has 3 amide bonds. The van der Waals surface area contributed by atoms with E-state index in [1.165, 1.54) is 0 Å². The van der Waals surface area contributed by atoms with Gasteiger partial charge in [-0.05, 0) is 48.4 Å². The summed E-state index contributed by atoms with van der Waals surface area (Å²) in [6, 6.07) is 11.8. The van der Waals surface area contributed by atoms with Crippen LogP contribution >= 0.6 is 23.2 Å². The van der Waals surface area contributed by atoms with E-state index in [2.05, 4.69) is 10.6 Å². The van der Waals surface area contributed by atoms with Gasteiger partial charge in [-0.25, -0.2) is 0 Å². The third-order valence-corrected chi connectivity index (χ3v) is 5.00. The standard InChI is InChI=1S/C20H19Cl2N3O3/c21-15-6-3-14(17(22)10-15)11-23-18(26)12-24-20(28)13-4-7-16(8-5-13)25-9-1-2-19(25)27/h3-8,10H,1-2,9,11-12H2,(H,23,26)(H,24,28). The first-order valence-corrected chi connectivity index (χ1v) is 9.59. The van der Waals surface area contributed by atoms with Gasteiger partial charge >= 0.3 is 0 Å². The lowest BCUT2D eigenvalue weighted by Gasteiger charge is -2.15. The zero-order valence-corrected chi connectivity index (χ0v) is 16.5. The van der Waals surface area contributed by atoms with Gasteiger partial charge in [-0.2, -0.15) is 0 Å². The molecule has 1 aliphatic heterocycles. The number of rotatable bonds is 6.